The van der Waals surface area contributed by atoms with Crippen molar-refractivity contribution in [1.82, 2.24) is 4.98 Å². The lowest BCUT2D eigenvalue weighted by Gasteiger charge is -2.32. The highest BCUT2D eigenvalue weighted by Crippen LogP contribution is 2.36. The molecule has 0 saturated carbocycles. The number of hydrogen-bond acceptors (Lipinski definition) is 4. The van der Waals surface area contributed by atoms with Gasteiger partial charge in [0.25, 0.3) is 0 Å². The Balaban J connectivity index is 2.28. The van der Waals surface area contributed by atoms with Crippen LogP contribution in [0.4, 0.5) is 8.78 Å². The minimum absolute atomic E-state index is 0.135. The Morgan fingerprint density at radius 3 is 2.20 bits per heavy atom. The zero-order valence-electron chi connectivity index (χ0n) is 12.2. The fourth-order valence-corrected chi connectivity index (χ4v) is 1.93. The van der Waals surface area contributed by atoms with Crippen molar-refractivity contribution >= 4 is 12.6 Å². The Hall–Kier alpha value is -1.21. The first-order chi connectivity index (χ1) is 9.10. The Morgan fingerprint density at radius 1 is 1.15 bits per heavy atom. The summed E-state index contributed by atoms with van der Waals surface area (Å²) in [5.74, 6) is -0.135. The van der Waals surface area contributed by atoms with Gasteiger partial charge < -0.3 is 14.0 Å². The molecule has 1 aromatic heterocycles. The maximum absolute atomic E-state index is 12.3. The van der Waals surface area contributed by atoms with Gasteiger partial charge in [-0.15, -0.1) is 0 Å². The fraction of sp³-hybridized carbons (Fsp3) is 0.615. The number of aromatic nitrogens is 1. The average molecular weight is 285 g/mol. The van der Waals surface area contributed by atoms with Gasteiger partial charge in [-0.1, -0.05) is 0 Å². The molecule has 0 spiro atoms. The van der Waals surface area contributed by atoms with Gasteiger partial charge in [-0.3, -0.25) is 0 Å². The second-order valence-electron chi connectivity index (χ2n) is 5.85. The first kappa shape index (κ1) is 15.2. The van der Waals surface area contributed by atoms with Crippen molar-refractivity contribution in [1.29, 1.82) is 0 Å². The molecule has 110 valence electrons. The predicted molar refractivity (Wildman–Crippen MR) is 71.3 cm³/mol. The van der Waals surface area contributed by atoms with Crippen LogP contribution in [0.25, 0.3) is 0 Å². The molecule has 1 saturated heterocycles. The lowest BCUT2D eigenvalue weighted by Crippen LogP contribution is -2.41. The molecule has 1 aromatic rings. The molecule has 7 heteroatoms. The summed E-state index contributed by atoms with van der Waals surface area (Å²) >= 11 is 0. The zero-order chi connectivity index (χ0) is 15.1. The number of ether oxygens (including phenoxy) is 1. The van der Waals surface area contributed by atoms with E-state index in [0.717, 1.165) is 0 Å². The Bertz CT molecular complexity index is 492. The van der Waals surface area contributed by atoms with Gasteiger partial charge in [0.2, 0.25) is 5.88 Å². The van der Waals surface area contributed by atoms with Gasteiger partial charge in [-0.25, -0.2) is 4.98 Å². The Morgan fingerprint density at radius 2 is 1.70 bits per heavy atom. The number of rotatable bonds is 3. The predicted octanol–water partition coefficient (Wildman–Crippen LogP) is 2.29. The molecule has 0 aromatic carbocycles. The van der Waals surface area contributed by atoms with Crippen LogP contribution in [0.5, 0.6) is 5.88 Å². The van der Waals surface area contributed by atoms with E-state index in [9.17, 15) is 8.78 Å². The van der Waals surface area contributed by atoms with E-state index >= 15 is 0 Å². The first-order valence-corrected chi connectivity index (χ1v) is 6.40. The van der Waals surface area contributed by atoms with Crippen LogP contribution in [0.2, 0.25) is 0 Å². The van der Waals surface area contributed by atoms with Gasteiger partial charge in [-0.05, 0) is 46.1 Å². The average Bonchev–Trinajstić information content (AvgIpc) is 2.46. The summed E-state index contributed by atoms with van der Waals surface area (Å²) < 4.78 is 40.7. The van der Waals surface area contributed by atoms with Crippen LogP contribution in [0.3, 0.4) is 0 Å². The molecular formula is C13H18BF2NO3. The van der Waals surface area contributed by atoms with E-state index in [4.69, 9.17) is 9.31 Å². The third-order valence-corrected chi connectivity index (χ3v) is 3.69. The summed E-state index contributed by atoms with van der Waals surface area (Å²) in [4.78, 5) is 3.90. The minimum Gasteiger partial charge on any atom is -0.417 e. The minimum atomic E-state index is -2.91. The van der Waals surface area contributed by atoms with Crippen molar-refractivity contribution in [3.63, 3.8) is 0 Å². The van der Waals surface area contributed by atoms with Crippen LogP contribution in [0, 0.1) is 6.92 Å². The number of nitrogens with zero attached hydrogens (tertiary/aromatic N) is 1. The van der Waals surface area contributed by atoms with Crippen molar-refractivity contribution in [2.45, 2.75) is 52.4 Å². The van der Waals surface area contributed by atoms with E-state index in [1.165, 1.54) is 6.07 Å². The van der Waals surface area contributed by atoms with Crippen LogP contribution < -0.4 is 10.2 Å². The van der Waals surface area contributed by atoms with Gasteiger partial charge in [0.15, 0.2) is 0 Å². The number of pyridine rings is 1. The molecular weight excluding hydrogens is 267 g/mol. The van der Waals surface area contributed by atoms with Crippen molar-refractivity contribution in [3.8, 4) is 5.88 Å². The van der Waals surface area contributed by atoms with E-state index in [-0.39, 0.29) is 5.88 Å². The molecule has 1 aliphatic heterocycles. The zero-order valence-corrected chi connectivity index (χ0v) is 12.2. The molecule has 0 unspecified atom stereocenters. The molecule has 2 rings (SSSR count). The van der Waals surface area contributed by atoms with Gasteiger partial charge >= 0.3 is 13.7 Å². The molecule has 0 N–H and O–H groups in total. The van der Waals surface area contributed by atoms with Crippen LogP contribution >= 0.6 is 0 Å². The maximum atomic E-state index is 12.3. The lowest BCUT2D eigenvalue weighted by atomic mass is 9.79. The van der Waals surface area contributed by atoms with Crippen molar-refractivity contribution in [3.05, 3.63) is 17.8 Å². The SMILES string of the molecule is Cc1cc(B2OC(C)(C)C(C)(C)O2)cc(OC(F)F)n1. The topological polar surface area (TPSA) is 40.6 Å². The standard InChI is InChI=1S/C13H18BF2NO3/c1-8-6-9(7-10(17-8)18-11(15)16)14-19-12(2,3)13(4,5)20-14/h6-7,11H,1-5H3. The highest BCUT2D eigenvalue weighted by molar-refractivity contribution is 6.62. The summed E-state index contributed by atoms with van der Waals surface area (Å²) in [5.41, 5.74) is 0.205. The second kappa shape index (κ2) is 4.97. The van der Waals surface area contributed by atoms with E-state index in [2.05, 4.69) is 9.72 Å². The van der Waals surface area contributed by atoms with Crippen LogP contribution in [0.15, 0.2) is 12.1 Å². The van der Waals surface area contributed by atoms with E-state index in [0.29, 0.717) is 11.2 Å². The fourth-order valence-electron chi connectivity index (χ4n) is 1.93. The first-order valence-electron chi connectivity index (χ1n) is 6.40. The normalized spacial score (nSPS) is 20.5. The van der Waals surface area contributed by atoms with E-state index in [1.54, 1.807) is 13.0 Å². The summed E-state index contributed by atoms with van der Waals surface area (Å²) in [6.45, 7) is 6.51. The number of aryl methyl sites for hydroxylation is 1. The second-order valence-corrected chi connectivity index (χ2v) is 5.85. The monoisotopic (exact) mass is 285 g/mol. The smallest absolute Gasteiger partial charge is 0.417 e. The number of hydrogen-bond donors (Lipinski definition) is 0. The third-order valence-electron chi connectivity index (χ3n) is 3.69. The summed E-state index contributed by atoms with van der Waals surface area (Å²) in [6.07, 6.45) is 0. The molecule has 0 atom stereocenters. The quantitative estimate of drug-likeness (QED) is 0.799. The van der Waals surface area contributed by atoms with Gasteiger partial charge in [0.05, 0.1) is 11.2 Å². The van der Waals surface area contributed by atoms with E-state index < -0.39 is 24.9 Å². The van der Waals surface area contributed by atoms with Crippen LogP contribution in [-0.4, -0.2) is 29.9 Å². The number of halogens is 2. The van der Waals surface area contributed by atoms with Crippen LogP contribution in [0.1, 0.15) is 33.4 Å². The van der Waals surface area contributed by atoms with E-state index in [1.807, 2.05) is 27.7 Å². The van der Waals surface area contributed by atoms with Crippen molar-refractivity contribution < 1.29 is 22.8 Å². The molecule has 0 amide bonds. The van der Waals surface area contributed by atoms with Crippen molar-refractivity contribution in [2.24, 2.45) is 0 Å². The van der Waals surface area contributed by atoms with Gasteiger partial charge in [0.1, 0.15) is 0 Å². The Labute approximate surface area is 117 Å². The highest BCUT2D eigenvalue weighted by Gasteiger charge is 2.51. The van der Waals surface area contributed by atoms with Crippen molar-refractivity contribution in [2.75, 3.05) is 0 Å². The summed E-state index contributed by atoms with van der Waals surface area (Å²) in [7, 11) is -0.623. The summed E-state index contributed by atoms with van der Waals surface area (Å²) in [6, 6.07) is 3.15. The number of alkyl halides is 2. The molecule has 1 aliphatic rings. The molecule has 2 heterocycles. The maximum Gasteiger partial charge on any atom is 0.495 e. The molecule has 20 heavy (non-hydrogen) atoms. The van der Waals surface area contributed by atoms with Crippen LogP contribution in [-0.2, 0) is 9.31 Å². The van der Waals surface area contributed by atoms with Gasteiger partial charge in [0, 0.05) is 11.8 Å². The lowest BCUT2D eigenvalue weighted by molar-refractivity contribution is -0.0528. The largest absolute Gasteiger partial charge is 0.495 e. The molecule has 0 aliphatic carbocycles. The summed E-state index contributed by atoms with van der Waals surface area (Å²) in [5, 5.41) is 0. The molecule has 4 nitrogen and oxygen atoms in total. The molecule has 0 radical (unpaired) electrons. The molecule has 0 bridgehead atoms. The Kier molecular flexibility index (Phi) is 3.77. The highest BCUT2D eigenvalue weighted by atomic mass is 19.3. The molecule has 1 fully saturated rings. The third kappa shape index (κ3) is 2.93. The van der Waals surface area contributed by atoms with Gasteiger partial charge in [-0.2, -0.15) is 8.78 Å².